The molecule has 2 saturated heterocycles. The maximum absolute atomic E-state index is 13.5. The molecule has 168 valence electrons. The summed E-state index contributed by atoms with van der Waals surface area (Å²) in [6.45, 7) is 7.88. The van der Waals surface area contributed by atoms with Crippen LogP contribution in [0.25, 0.3) is 11.7 Å². The second-order valence-electron chi connectivity index (χ2n) is 8.03. The lowest BCUT2D eigenvalue weighted by molar-refractivity contribution is -0.134. The summed E-state index contributed by atoms with van der Waals surface area (Å²) in [5.74, 6) is -1.04. The molecule has 0 N–H and O–H groups in total. The molecule has 4 amide bonds. The van der Waals surface area contributed by atoms with Gasteiger partial charge < -0.3 is 9.80 Å². The first-order valence-corrected chi connectivity index (χ1v) is 10.6. The summed E-state index contributed by atoms with van der Waals surface area (Å²) in [5.41, 5.74) is 0.910. The third-order valence-corrected chi connectivity index (χ3v) is 6.12. The fraction of sp³-hybridized carbons (Fsp3) is 0.409. The van der Waals surface area contributed by atoms with E-state index in [9.17, 15) is 19.2 Å². The van der Waals surface area contributed by atoms with Crippen molar-refractivity contribution in [2.45, 2.75) is 13.8 Å². The van der Waals surface area contributed by atoms with Crippen molar-refractivity contribution in [2.75, 3.05) is 51.7 Å². The molecular formula is C22H26N6O4. The van der Waals surface area contributed by atoms with Gasteiger partial charge in [-0.15, -0.1) is 0 Å². The van der Waals surface area contributed by atoms with E-state index >= 15 is 0 Å². The summed E-state index contributed by atoms with van der Waals surface area (Å²) >= 11 is 0. The molecule has 10 heteroatoms. The number of barbiturate groups is 1. The number of aromatic nitrogens is 2. The number of likely N-dealkylation sites (N-methyl/N-ethyl adjacent to an activating group) is 3. The first kappa shape index (κ1) is 21.7. The number of fused-ring (bicyclic) bond motifs is 1. The Morgan fingerprint density at radius 1 is 1.00 bits per heavy atom. The van der Waals surface area contributed by atoms with Gasteiger partial charge in [-0.3, -0.25) is 28.6 Å². The smallest absolute Gasteiger partial charge is 0.333 e. The van der Waals surface area contributed by atoms with E-state index in [0.717, 1.165) is 35.0 Å². The molecule has 0 saturated carbocycles. The molecule has 4 heterocycles. The van der Waals surface area contributed by atoms with E-state index in [2.05, 4.69) is 11.8 Å². The van der Waals surface area contributed by atoms with E-state index < -0.39 is 17.8 Å². The summed E-state index contributed by atoms with van der Waals surface area (Å²) < 4.78 is 1.42. The highest BCUT2D eigenvalue weighted by atomic mass is 16.2. The molecule has 0 aliphatic carbocycles. The predicted octanol–water partition coefficient (Wildman–Crippen LogP) is 0.579. The van der Waals surface area contributed by atoms with Crippen LogP contribution in [0.3, 0.4) is 0 Å². The molecule has 2 fully saturated rings. The Balaban J connectivity index is 1.92. The first-order chi connectivity index (χ1) is 15.2. The zero-order chi connectivity index (χ0) is 23.2. The largest absolute Gasteiger partial charge is 0.353 e. The van der Waals surface area contributed by atoms with Crippen molar-refractivity contribution in [1.29, 1.82) is 0 Å². The Kier molecular flexibility index (Phi) is 5.55. The average Bonchev–Trinajstić information content (AvgIpc) is 2.81. The lowest BCUT2D eigenvalue weighted by atomic mass is 10.1. The minimum atomic E-state index is -0.742. The van der Waals surface area contributed by atoms with Crippen molar-refractivity contribution in [3.63, 3.8) is 0 Å². The third kappa shape index (κ3) is 3.46. The third-order valence-electron chi connectivity index (χ3n) is 6.12. The number of aryl methyl sites for hydroxylation is 1. The monoisotopic (exact) mass is 438 g/mol. The van der Waals surface area contributed by atoms with Gasteiger partial charge in [0, 0.05) is 46.5 Å². The molecule has 4 rings (SSSR count). The standard InChI is InChI=1S/C22H26N6O4/c1-5-26-9-11-27(12-10-26)18-15(21(31)28-8-6-7-14(2)17(28)23-18)13-16-19(29)24(3)22(32)25(4)20(16)30/h6-8,13H,5,9-12H2,1-4H3. The van der Waals surface area contributed by atoms with Crippen molar-refractivity contribution >= 4 is 35.4 Å². The van der Waals surface area contributed by atoms with E-state index in [4.69, 9.17) is 4.98 Å². The minimum Gasteiger partial charge on any atom is -0.353 e. The summed E-state index contributed by atoms with van der Waals surface area (Å²) in [6, 6.07) is 2.92. The lowest BCUT2D eigenvalue weighted by Crippen LogP contribution is -2.53. The first-order valence-electron chi connectivity index (χ1n) is 10.6. The minimum absolute atomic E-state index is 0.158. The van der Waals surface area contributed by atoms with Crippen LogP contribution in [0.15, 0.2) is 28.7 Å². The van der Waals surface area contributed by atoms with Crippen molar-refractivity contribution in [3.8, 4) is 0 Å². The van der Waals surface area contributed by atoms with Gasteiger partial charge in [-0.25, -0.2) is 9.78 Å². The van der Waals surface area contributed by atoms with E-state index in [1.54, 1.807) is 12.3 Å². The molecule has 2 aliphatic rings. The molecule has 0 atom stereocenters. The van der Waals surface area contributed by atoms with Crippen LogP contribution in [0.5, 0.6) is 0 Å². The van der Waals surface area contributed by atoms with Crippen molar-refractivity contribution in [2.24, 2.45) is 0 Å². The fourth-order valence-electron chi connectivity index (χ4n) is 4.06. The quantitative estimate of drug-likeness (QED) is 0.511. The molecule has 0 spiro atoms. The van der Waals surface area contributed by atoms with Gasteiger partial charge in [0.2, 0.25) is 0 Å². The Labute approximate surface area is 185 Å². The number of carbonyl (C=O) groups excluding carboxylic acids is 3. The van der Waals surface area contributed by atoms with Gasteiger partial charge in [-0.2, -0.15) is 0 Å². The van der Waals surface area contributed by atoms with Gasteiger partial charge in [0.15, 0.2) is 0 Å². The van der Waals surface area contributed by atoms with Crippen LogP contribution < -0.4 is 10.5 Å². The summed E-state index contributed by atoms with van der Waals surface area (Å²) in [6.07, 6.45) is 2.90. The highest BCUT2D eigenvalue weighted by Gasteiger charge is 2.38. The van der Waals surface area contributed by atoms with Crippen LogP contribution in [-0.2, 0) is 9.59 Å². The number of urea groups is 1. The van der Waals surface area contributed by atoms with Crippen molar-refractivity contribution in [1.82, 2.24) is 24.1 Å². The van der Waals surface area contributed by atoms with Crippen LogP contribution in [0.2, 0.25) is 0 Å². The zero-order valence-corrected chi connectivity index (χ0v) is 18.7. The van der Waals surface area contributed by atoms with E-state index in [1.165, 1.54) is 24.6 Å². The van der Waals surface area contributed by atoms with Gasteiger partial charge in [0.05, 0.1) is 5.56 Å². The molecule has 0 radical (unpaired) electrons. The predicted molar refractivity (Wildman–Crippen MR) is 119 cm³/mol. The fourth-order valence-corrected chi connectivity index (χ4v) is 4.06. The number of hydrogen-bond acceptors (Lipinski definition) is 7. The van der Waals surface area contributed by atoms with Crippen LogP contribution >= 0.6 is 0 Å². The van der Waals surface area contributed by atoms with Crippen LogP contribution in [-0.4, -0.2) is 88.7 Å². The second-order valence-corrected chi connectivity index (χ2v) is 8.03. The maximum Gasteiger partial charge on any atom is 0.333 e. The molecule has 0 bridgehead atoms. The Bertz CT molecular complexity index is 1180. The summed E-state index contributed by atoms with van der Waals surface area (Å²) in [7, 11) is 2.61. The molecule has 10 nitrogen and oxygen atoms in total. The average molecular weight is 438 g/mol. The van der Waals surface area contributed by atoms with E-state index in [0.29, 0.717) is 24.6 Å². The van der Waals surface area contributed by atoms with Gasteiger partial charge in [-0.1, -0.05) is 13.0 Å². The molecule has 2 aliphatic heterocycles. The van der Waals surface area contributed by atoms with Crippen LogP contribution in [0.1, 0.15) is 18.1 Å². The Hall–Kier alpha value is -3.53. The van der Waals surface area contributed by atoms with Crippen molar-refractivity contribution < 1.29 is 14.4 Å². The van der Waals surface area contributed by atoms with Gasteiger partial charge in [0.25, 0.3) is 17.4 Å². The number of nitrogens with zero attached hydrogens (tertiary/aromatic N) is 6. The molecular weight excluding hydrogens is 412 g/mol. The van der Waals surface area contributed by atoms with Crippen LogP contribution in [0.4, 0.5) is 10.6 Å². The van der Waals surface area contributed by atoms with Gasteiger partial charge >= 0.3 is 6.03 Å². The number of amides is 4. The highest BCUT2D eigenvalue weighted by Crippen LogP contribution is 2.24. The number of imide groups is 2. The van der Waals surface area contributed by atoms with Crippen molar-refractivity contribution in [3.05, 3.63) is 45.4 Å². The molecule has 0 unspecified atom stereocenters. The Morgan fingerprint density at radius 3 is 2.22 bits per heavy atom. The summed E-state index contributed by atoms with van der Waals surface area (Å²) in [4.78, 5) is 61.9. The number of piperazine rings is 1. The Morgan fingerprint density at radius 2 is 1.62 bits per heavy atom. The SMILES string of the molecule is CCN1CCN(c2nc3c(C)cccn3c(=O)c2C=C2C(=O)N(C)C(=O)N(C)C2=O)CC1. The number of hydrogen-bond donors (Lipinski definition) is 0. The zero-order valence-electron chi connectivity index (χ0n) is 18.7. The topological polar surface area (TPSA) is 98.5 Å². The maximum atomic E-state index is 13.5. The second kappa shape index (κ2) is 8.19. The number of carbonyl (C=O) groups is 3. The van der Waals surface area contributed by atoms with E-state index in [-0.39, 0.29) is 16.7 Å². The molecule has 0 aromatic carbocycles. The number of rotatable bonds is 3. The van der Waals surface area contributed by atoms with Gasteiger partial charge in [-0.05, 0) is 31.2 Å². The van der Waals surface area contributed by atoms with Gasteiger partial charge in [0.1, 0.15) is 17.0 Å². The van der Waals surface area contributed by atoms with E-state index in [1.807, 2.05) is 17.9 Å². The molecule has 32 heavy (non-hydrogen) atoms. The summed E-state index contributed by atoms with van der Waals surface area (Å²) in [5, 5.41) is 0. The van der Waals surface area contributed by atoms with Crippen LogP contribution in [0, 0.1) is 6.92 Å². The normalized spacial score (nSPS) is 18.2. The number of anilines is 1. The molecule has 2 aromatic rings. The molecule has 2 aromatic heterocycles. The highest BCUT2D eigenvalue weighted by molar-refractivity contribution is 6.30. The lowest BCUT2D eigenvalue weighted by Gasteiger charge is -2.35. The number of pyridine rings is 1.